The number of nitrogens with zero attached hydrogens (tertiary/aromatic N) is 1. The second kappa shape index (κ2) is 8.06. The molecular weight excluding hydrogens is 266 g/mol. The van der Waals surface area contributed by atoms with Crippen LogP contribution in [0.2, 0.25) is 0 Å². The van der Waals surface area contributed by atoms with Crippen LogP contribution in [0.15, 0.2) is 12.2 Å². The summed E-state index contributed by atoms with van der Waals surface area (Å²) in [5, 5.41) is 0. The Morgan fingerprint density at radius 3 is 2.52 bits per heavy atom. The lowest BCUT2D eigenvalue weighted by Crippen LogP contribution is -2.47. The molecule has 1 heterocycles. The first kappa shape index (κ1) is 18.3. The molecule has 0 aromatic carbocycles. The van der Waals surface area contributed by atoms with E-state index in [0.717, 1.165) is 19.6 Å². The zero-order valence-corrected chi connectivity index (χ0v) is 14.4. The number of ketones is 1. The quantitative estimate of drug-likeness (QED) is 0.707. The van der Waals surface area contributed by atoms with Crippen LogP contribution in [0.4, 0.5) is 0 Å². The smallest absolute Gasteiger partial charge is 0.160 e. The van der Waals surface area contributed by atoms with Crippen molar-refractivity contribution in [3.05, 3.63) is 12.2 Å². The van der Waals surface area contributed by atoms with Gasteiger partial charge in [0.25, 0.3) is 0 Å². The third-order valence-corrected chi connectivity index (χ3v) is 3.77. The molecule has 0 aromatic heterocycles. The van der Waals surface area contributed by atoms with Crippen LogP contribution in [0.5, 0.6) is 0 Å². The Kier molecular flexibility index (Phi) is 7.04. The normalized spacial score (nSPS) is 27.5. The van der Waals surface area contributed by atoms with E-state index in [2.05, 4.69) is 18.7 Å². The molecule has 0 spiro atoms. The number of rotatable bonds is 6. The van der Waals surface area contributed by atoms with E-state index in [1.165, 1.54) is 0 Å². The van der Waals surface area contributed by atoms with Gasteiger partial charge in [0.15, 0.2) is 5.78 Å². The monoisotopic (exact) mass is 297 g/mol. The van der Waals surface area contributed by atoms with Crippen molar-refractivity contribution in [2.24, 2.45) is 5.41 Å². The summed E-state index contributed by atoms with van der Waals surface area (Å²) in [5.74, 6) is 0.165. The Labute approximate surface area is 129 Å². The van der Waals surface area contributed by atoms with E-state index in [9.17, 15) is 4.79 Å². The van der Waals surface area contributed by atoms with Crippen LogP contribution in [-0.2, 0) is 14.3 Å². The van der Waals surface area contributed by atoms with Gasteiger partial charge >= 0.3 is 0 Å². The summed E-state index contributed by atoms with van der Waals surface area (Å²) in [5.41, 5.74) is -0.307. The van der Waals surface area contributed by atoms with E-state index in [4.69, 9.17) is 9.47 Å². The molecule has 21 heavy (non-hydrogen) atoms. The van der Waals surface area contributed by atoms with Gasteiger partial charge in [-0.15, -0.1) is 0 Å². The predicted molar refractivity (Wildman–Crippen MR) is 85.5 cm³/mol. The van der Waals surface area contributed by atoms with Crippen LogP contribution in [0, 0.1) is 5.41 Å². The summed E-state index contributed by atoms with van der Waals surface area (Å²) in [6.07, 6.45) is 4.05. The van der Waals surface area contributed by atoms with Gasteiger partial charge in [-0.05, 0) is 26.5 Å². The minimum Gasteiger partial charge on any atom is -0.372 e. The summed E-state index contributed by atoms with van der Waals surface area (Å²) in [6.45, 7) is 15.2. The fraction of sp³-hybridized carbons (Fsp3) is 0.824. The summed E-state index contributed by atoms with van der Waals surface area (Å²) in [4.78, 5) is 14.1. The Hall–Kier alpha value is -0.710. The Balaban J connectivity index is 2.45. The van der Waals surface area contributed by atoms with Gasteiger partial charge < -0.3 is 9.47 Å². The van der Waals surface area contributed by atoms with E-state index < -0.39 is 0 Å². The molecule has 0 aromatic rings. The molecule has 1 rings (SSSR count). The highest BCUT2D eigenvalue weighted by Gasteiger charge is 2.27. The molecule has 4 heteroatoms. The molecule has 3 atom stereocenters. The Morgan fingerprint density at radius 1 is 1.33 bits per heavy atom. The molecule has 1 aliphatic heterocycles. The molecule has 4 nitrogen and oxygen atoms in total. The van der Waals surface area contributed by atoms with Gasteiger partial charge in [-0.25, -0.2) is 0 Å². The topological polar surface area (TPSA) is 38.8 Å². The van der Waals surface area contributed by atoms with Crippen molar-refractivity contribution in [1.82, 2.24) is 4.90 Å². The maximum absolute atomic E-state index is 11.9. The third kappa shape index (κ3) is 6.29. The second-order valence-electron chi connectivity index (χ2n) is 6.89. The molecule has 0 bridgehead atoms. The number of ether oxygens (including phenoxy) is 2. The van der Waals surface area contributed by atoms with Crippen molar-refractivity contribution in [2.45, 2.75) is 59.9 Å². The summed E-state index contributed by atoms with van der Waals surface area (Å²) in [6, 6.07) is 0. The molecule has 0 aliphatic carbocycles. The van der Waals surface area contributed by atoms with Gasteiger partial charge in [0.2, 0.25) is 0 Å². The SMILES string of the molecule is CCN(C/C=C/C(=O)C(C)(C)C)C[C@@H]1OCC(C)O[C@@H]1C. The number of hydrogen-bond donors (Lipinski definition) is 0. The lowest BCUT2D eigenvalue weighted by molar-refractivity contribution is -0.172. The number of allylic oxidation sites excluding steroid dienone is 1. The lowest BCUT2D eigenvalue weighted by atomic mass is 9.91. The highest BCUT2D eigenvalue weighted by atomic mass is 16.6. The summed E-state index contributed by atoms with van der Waals surface area (Å²) >= 11 is 0. The van der Waals surface area contributed by atoms with E-state index in [1.807, 2.05) is 33.8 Å². The van der Waals surface area contributed by atoms with Crippen molar-refractivity contribution < 1.29 is 14.3 Å². The van der Waals surface area contributed by atoms with E-state index in [0.29, 0.717) is 6.61 Å². The Morgan fingerprint density at radius 2 is 2.00 bits per heavy atom. The third-order valence-electron chi connectivity index (χ3n) is 3.77. The minimum atomic E-state index is -0.307. The average Bonchev–Trinajstić information content (AvgIpc) is 2.38. The molecular formula is C17H31NO3. The van der Waals surface area contributed by atoms with Crippen LogP contribution in [0.1, 0.15) is 41.5 Å². The molecule has 0 radical (unpaired) electrons. The van der Waals surface area contributed by atoms with Crippen LogP contribution < -0.4 is 0 Å². The van der Waals surface area contributed by atoms with E-state index in [-0.39, 0.29) is 29.5 Å². The summed E-state index contributed by atoms with van der Waals surface area (Å²) in [7, 11) is 0. The van der Waals surface area contributed by atoms with Gasteiger partial charge in [-0.3, -0.25) is 9.69 Å². The molecule has 0 N–H and O–H groups in total. The largest absolute Gasteiger partial charge is 0.372 e. The highest BCUT2D eigenvalue weighted by molar-refractivity contribution is 5.93. The summed E-state index contributed by atoms with van der Waals surface area (Å²) < 4.78 is 11.7. The van der Waals surface area contributed by atoms with Crippen LogP contribution in [0.25, 0.3) is 0 Å². The first-order valence-corrected chi connectivity index (χ1v) is 7.94. The Bertz CT molecular complexity index is 360. The van der Waals surface area contributed by atoms with Gasteiger partial charge in [0.05, 0.1) is 24.9 Å². The molecule has 1 aliphatic rings. The minimum absolute atomic E-state index is 0.105. The molecule has 0 amide bonds. The molecule has 1 unspecified atom stereocenters. The van der Waals surface area contributed by atoms with E-state index >= 15 is 0 Å². The number of carbonyl (C=O) groups excluding carboxylic acids is 1. The second-order valence-corrected chi connectivity index (χ2v) is 6.89. The van der Waals surface area contributed by atoms with Gasteiger partial charge in [-0.2, -0.15) is 0 Å². The maximum Gasteiger partial charge on any atom is 0.160 e. The maximum atomic E-state index is 11.9. The highest BCUT2D eigenvalue weighted by Crippen LogP contribution is 2.16. The van der Waals surface area contributed by atoms with Crippen molar-refractivity contribution >= 4 is 5.78 Å². The van der Waals surface area contributed by atoms with Crippen molar-refractivity contribution in [3.8, 4) is 0 Å². The first-order valence-electron chi connectivity index (χ1n) is 7.94. The van der Waals surface area contributed by atoms with Gasteiger partial charge in [0, 0.05) is 18.5 Å². The van der Waals surface area contributed by atoms with Crippen molar-refractivity contribution in [1.29, 1.82) is 0 Å². The zero-order valence-electron chi connectivity index (χ0n) is 14.4. The standard InChI is InChI=1S/C17H31NO3/c1-7-18(10-8-9-16(19)17(4,5)6)11-15-14(3)21-13(2)12-20-15/h8-9,13-15H,7,10-12H2,1-6H3/b9-8+/t13?,14-,15+/m1/s1. The van der Waals surface area contributed by atoms with Crippen LogP contribution in [0.3, 0.4) is 0 Å². The fourth-order valence-corrected chi connectivity index (χ4v) is 2.24. The van der Waals surface area contributed by atoms with Crippen LogP contribution in [-0.4, -0.2) is 55.2 Å². The first-order chi connectivity index (χ1) is 9.74. The number of likely N-dealkylation sites (N-methyl/N-ethyl adjacent to an activating group) is 1. The van der Waals surface area contributed by atoms with E-state index in [1.54, 1.807) is 6.08 Å². The molecule has 0 saturated carbocycles. The van der Waals surface area contributed by atoms with Crippen LogP contribution >= 0.6 is 0 Å². The number of carbonyl (C=O) groups is 1. The van der Waals surface area contributed by atoms with Crippen molar-refractivity contribution in [3.63, 3.8) is 0 Å². The lowest BCUT2D eigenvalue weighted by Gasteiger charge is -2.36. The number of hydrogen-bond acceptors (Lipinski definition) is 4. The molecule has 1 fully saturated rings. The fourth-order valence-electron chi connectivity index (χ4n) is 2.24. The average molecular weight is 297 g/mol. The van der Waals surface area contributed by atoms with Crippen molar-refractivity contribution in [2.75, 3.05) is 26.2 Å². The predicted octanol–water partition coefficient (Wildman–Crippen LogP) is 2.67. The van der Waals surface area contributed by atoms with Gasteiger partial charge in [-0.1, -0.05) is 33.8 Å². The molecule has 1 saturated heterocycles. The molecule has 122 valence electrons. The van der Waals surface area contributed by atoms with Gasteiger partial charge in [0.1, 0.15) is 0 Å². The zero-order chi connectivity index (χ0) is 16.0.